The molecule has 0 aliphatic carbocycles. The van der Waals surface area contributed by atoms with Gasteiger partial charge in [-0.15, -0.1) is 0 Å². The van der Waals surface area contributed by atoms with Crippen LogP contribution in [-0.4, -0.2) is 12.1 Å². The molecule has 3 nitrogen and oxygen atoms in total. The summed E-state index contributed by atoms with van der Waals surface area (Å²) in [6.07, 6.45) is 1.67. The topological polar surface area (TPSA) is 31.4 Å². The third-order valence-corrected chi connectivity index (χ3v) is 3.19. The third-order valence-electron chi connectivity index (χ3n) is 2.30. The Labute approximate surface area is 109 Å². The van der Waals surface area contributed by atoms with Gasteiger partial charge in [0.05, 0.1) is 7.11 Å². The highest BCUT2D eigenvalue weighted by Crippen LogP contribution is 2.30. The number of hydrogen-bond donors (Lipinski definition) is 0. The first-order valence-corrected chi connectivity index (χ1v) is 5.93. The van der Waals surface area contributed by atoms with Crippen LogP contribution in [0.1, 0.15) is 5.56 Å². The maximum absolute atomic E-state index is 5.68. The third kappa shape index (κ3) is 2.77. The van der Waals surface area contributed by atoms with Gasteiger partial charge in [0, 0.05) is 10.7 Å². The number of rotatable bonds is 3. The molecule has 4 heteroatoms. The Morgan fingerprint density at radius 3 is 2.76 bits per heavy atom. The molecule has 0 bridgehead atoms. The summed E-state index contributed by atoms with van der Waals surface area (Å²) >= 11 is 3.45. The molecule has 0 aliphatic rings. The molecule has 0 amide bonds. The summed E-state index contributed by atoms with van der Waals surface area (Å²) in [5.41, 5.74) is 1.11. The van der Waals surface area contributed by atoms with Crippen molar-refractivity contribution in [1.82, 2.24) is 4.98 Å². The van der Waals surface area contributed by atoms with Crippen LogP contribution < -0.4 is 9.47 Å². The van der Waals surface area contributed by atoms with E-state index in [0.717, 1.165) is 15.8 Å². The fourth-order valence-electron chi connectivity index (χ4n) is 1.40. The zero-order valence-corrected chi connectivity index (χ0v) is 11.2. The van der Waals surface area contributed by atoms with Crippen molar-refractivity contribution in [3.8, 4) is 17.4 Å². The van der Waals surface area contributed by atoms with Crippen LogP contribution in [0.4, 0.5) is 0 Å². The number of benzene rings is 1. The molecule has 1 aromatic carbocycles. The highest BCUT2D eigenvalue weighted by Gasteiger charge is 2.06. The van der Waals surface area contributed by atoms with Gasteiger partial charge in [-0.1, -0.05) is 15.9 Å². The van der Waals surface area contributed by atoms with Gasteiger partial charge >= 0.3 is 0 Å². The van der Waals surface area contributed by atoms with Crippen LogP contribution in [0.25, 0.3) is 0 Å². The van der Waals surface area contributed by atoms with Gasteiger partial charge in [0.2, 0.25) is 0 Å². The Kier molecular flexibility index (Phi) is 3.64. The van der Waals surface area contributed by atoms with Crippen LogP contribution in [0, 0.1) is 6.92 Å². The Morgan fingerprint density at radius 1 is 1.24 bits per heavy atom. The number of aryl methyl sites for hydroxylation is 1. The molecule has 0 atom stereocenters. The highest BCUT2D eigenvalue weighted by atomic mass is 79.9. The number of pyridine rings is 1. The van der Waals surface area contributed by atoms with E-state index in [1.807, 2.05) is 31.2 Å². The van der Waals surface area contributed by atoms with Crippen LogP contribution in [-0.2, 0) is 0 Å². The minimum absolute atomic E-state index is 0.469. The van der Waals surface area contributed by atoms with Crippen LogP contribution in [0.3, 0.4) is 0 Å². The Balaban J connectivity index is 2.28. The highest BCUT2D eigenvalue weighted by molar-refractivity contribution is 9.10. The lowest BCUT2D eigenvalue weighted by Crippen LogP contribution is -1.92. The van der Waals surface area contributed by atoms with Crippen LogP contribution >= 0.6 is 15.9 Å². The number of aromatic nitrogens is 1. The van der Waals surface area contributed by atoms with E-state index in [4.69, 9.17) is 9.47 Å². The second-order valence-corrected chi connectivity index (χ2v) is 4.38. The number of halogens is 1. The Bertz CT molecular complexity index is 529. The summed E-state index contributed by atoms with van der Waals surface area (Å²) in [5.74, 6) is 1.83. The van der Waals surface area contributed by atoms with Crippen LogP contribution in [0.2, 0.25) is 0 Å². The minimum Gasteiger partial charge on any atom is -0.491 e. The average molecular weight is 294 g/mol. The summed E-state index contributed by atoms with van der Waals surface area (Å²) in [6, 6.07) is 9.38. The first-order chi connectivity index (χ1) is 8.20. The van der Waals surface area contributed by atoms with Gasteiger partial charge in [0.25, 0.3) is 5.88 Å². The number of hydrogen-bond acceptors (Lipinski definition) is 3. The molecule has 0 saturated carbocycles. The van der Waals surface area contributed by atoms with E-state index in [1.165, 1.54) is 0 Å². The molecule has 0 saturated heterocycles. The smallest absolute Gasteiger partial charge is 0.262 e. The van der Waals surface area contributed by atoms with Gasteiger partial charge in [-0.3, -0.25) is 0 Å². The second kappa shape index (κ2) is 5.19. The van der Waals surface area contributed by atoms with Gasteiger partial charge in [0.1, 0.15) is 5.75 Å². The van der Waals surface area contributed by atoms with Crippen molar-refractivity contribution in [2.45, 2.75) is 6.92 Å². The van der Waals surface area contributed by atoms with Gasteiger partial charge in [-0.2, -0.15) is 0 Å². The van der Waals surface area contributed by atoms with Crippen molar-refractivity contribution in [2.75, 3.05) is 7.11 Å². The van der Waals surface area contributed by atoms with E-state index < -0.39 is 0 Å². The van der Waals surface area contributed by atoms with Crippen molar-refractivity contribution >= 4 is 15.9 Å². The SMILES string of the molecule is COc1cccnc1Oc1ccc(Br)c(C)c1. The molecular formula is C13H12BrNO2. The van der Waals surface area contributed by atoms with E-state index in [0.29, 0.717) is 11.6 Å². The van der Waals surface area contributed by atoms with E-state index in [2.05, 4.69) is 20.9 Å². The molecule has 1 aromatic heterocycles. The van der Waals surface area contributed by atoms with Crippen molar-refractivity contribution in [3.63, 3.8) is 0 Å². The predicted octanol–water partition coefficient (Wildman–Crippen LogP) is 3.95. The van der Waals surface area contributed by atoms with Gasteiger partial charge in [0.15, 0.2) is 5.75 Å². The number of ether oxygens (including phenoxy) is 2. The van der Waals surface area contributed by atoms with Gasteiger partial charge < -0.3 is 9.47 Å². The lowest BCUT2D eigenvalue weighted by atomic mass is 10.2. The normalized spacial score (nSPS) is 10.1. The van der Waals surface area contributed by atoms with E-state index in [9.17, 15) is 0 Å². The zero-order chi connectivity index (χ0) is 12.3. The zero-order valence-electron chi connectivity index (χ0n) is 9.61. The fraction of sp³-hybridized carbons (Fsp3) is 0.154. The van der Waals surface area contributed by atoms with Crippen LogP contribution in [0.5, 0.6) is 17.4 Å². The number of nitrogens with zero attached hydrogens (tertiary/aromatic N) is 1. The summed E-state index contributed by atoms with van der Waals surface area (Å²) < 4.78 is 11.9. The lowest BCUT2D eigenvalue weighted by Gasteiger charge is -2.09. The number of methoxy groups -OCH3 is 1. The standard InChI is InChI=1S/C13H12BrNO2/c1-9-8-10(5-6-11(9)14)17-13-12(16-2)4-3-7-15-13/h3-8H,1-2H3. The van der Waals surface area contributed by atoms with Crippen LogP contribution in [0.15, 0.2) is 41.0 Å². The predicted molar refractivity (Wildman–Crippen MR) is 69.7 cm³/mol. The summed E-state index contributed by atoms with van der Waals surface area (Å²) in [4.78, 5) is 4.14. The van der Waals surface area contributed by atoms with Crippen molar-refractivity contribution < 1.29 is 9.47 Å². The fourth-order valence-corrected chi connectivity index (χ4v) is 1.65. The Hall–Kier alpha value is -1.55. The minimum atomic E-state index is 0.469. The van der Waals surface area contributed by atoms with Crippen molar-refractivity contribution in [1.29, 1.82) is 0 Å². The largest absolute Gasteiger partial charge is 0.491 e. The van der Waals surface area contributed by atoms with Crippen molar-refractivity contribution in [2.24, 2.45) is 0 Å². The monoisotopic (exact) mass is 293 g/mol. The van der Waals surface area contributed by atoms with Crippen molar-refractivity contribution in [3.05, 3.63) is 46.6 Å². The van der Waals surface area contributed by atoms with Gasteiger partial charge in [-0.25, -0.2) is 4.98 Å². The molecule has 2 aromatic rings. The molecular weight excluding hydrogens is 282 g/mol. The first kappa shape index (κ1) is 11.9. The average Bonchev–Trinajstić information content (AvgIpc) is 2.34. The molecule has 0 N–H and O–H groups in total. The molecule has 0 aliphatic heterocycles. The molecule has 0 spiro atoms. The first-order valence-electron chi connectivity index (χ1n) is 5.13. The molecule has 2 rings (SSSR count). The maximum Gasteiger partial charge on any atom is 0.262 e. The second-order valence-electron chi connectivity index (χ2n) is 3.52. The van der Waals surface area contributed by atoms with Gasteiger partial charge in [-0.05, 0) is 42.8 Å². The van der Waals surface area contributed by atoms with E-state index in [1.54, 1.807) is 19.4 Å². The summed E-state index contributed by atoms with van der Waals surface area (Å²) in [6.45, 7) is 2.01. The molecule has 17 heavy (non-hydrogen) atoms. The summed E-state index contributed by atoms with van der Waals surface area (Å²) in [7, 11) is 1.59. The molecule has 1 heterocycles. The molecule has 0 fully saturated rings. The lowest BCUT2D eigenvalue weighted by molar-refractivity contribution is 0.369. The molecule has 0 unspecified atom stereocenters. The molecule has 0 radical (unpaired) electrons. The maximum atomic E-state index is 5.68. The quantitative estimate of drug-likeness (QED) is 0.858. The Morgan fingerprint density at radius 2 is 2.06 bits per heavy atom. The van der Waals surface area contributed by atoms with E-state index >= 15 is 0 Å². The van der Waals surface area contributed by atoms with E-state index in [-0.39, 0.29) is 0 Å². The molecule has 88 valence electrons. The summed E-state index contributed by atoms with van der Waals surface area (Å²) in [5, 5.41) is 0.